The smallest absolute Gasteiger partial charge is 0.261 e. The van der Waals surface area contributed by atoms with E-state index in [1.54, 1.807) is 0 Å². The van der Waals surface area contributed by atoms with Crippen molar-refractivity contribution in [3.8, 4) is 6.07 Å². The van der Waals surface area contributed by atoms with E-state index in [9.17, 15) is 9.59 Å². The van der Waals surface area contributed by atoms with E-state index in [2.05, 4.69) is 33.2 Å². The third kappa shape index (κ3) is 6.26. The summed E-state index contributed by atoms with van der Waals surface area (Å²) in [5, 5.41) is 16.3. The van der Waals surface area contributed by atoms with Gasteiger partial charge < -0.3 is 15.2 Å². The van der Waals surface area contributed by atoms with Crippen LogP contribution < -0.4 is 10.6 Å². The monoisotopic (exact) mass is 553 g/mol. The molecule has 8 heteroatoms. The Labute approximate surface area is 239 Å². The molecule has 2 heterocycles. The van der Waals surface area contributed by atoms with Crippen molar-refractivity contribution in [1.29, 1.82) is 5.26 Å². The van der Waals surface area contributed by atoms with Gasteiger partial charge in [-0.15, -0.1) is 11.3 Å². The Morgan fingerprint density at radius 2 is 1.90 bits per heavy atom. The molecule has 0 atom stereocenters. The predicted octanol–water partition coefficient (Wildman–Crippen LogP) is 6.68. The van der Waals surface area contributed by atoms with Crippen LogP contribution in [0.4, 0.5) is 5.69 Å². The zero-order valence-corrected chi connectivity index (χ0v) is 23.7. The quantitative estimate of drug-likeness (QED) is 0.214. The molecule has 40 heavy (non-hydrogen) atoms. The number of hydrogen-bond donors (Lipinski definition) is 2. The normalized spacial score (nSPS) is 14.5. The number of benzene rings is 2. The summed E-state index contributed by atoms with van der Waals surface area (Å²) < 4.78 is 3.13. The van der Waals surface area contributed by atoms with E-state index in [0.717, 1.165) is 72.0 Å². The van der Waals surface area contributed by atoms with Gasteiger partial charge >= 0.3 is 0 Å². The minimum atomic E-state index is -0.505. The summed E-state index contributed by atoms with van der Waals surface area (Å²) in [6.07, 6.45) is 11.2. The minimum Gasteiger partial charge on any atom is -0.351 e. The summed E-state index contributed by atoms with van der Waals surface area (Å²) >= 11 is 1.47. The molecule has 2 aromatic carbocycles. The number of anilines is 1. The first-order chi connectivity index (χ1) is 19.5. The molecule has 2 amide bonds. The molecule has 0 aliphatic heterocycles. The maximum Gasteiger partial charge on any atom is 0.261 e. The summed E-state index contributed by atoms with van der Waals surface area (Å²) in [5.74, 6) is 0.00412. The molecule has 0 bridgehead atoms. The third-order valence-corrected chi connectivity index (χ3v) is 8.98. The van der Waals surface area contributed by atoms with Crippen LogP contribution in [-0.2, 0) is 17.8 Å². The van der Waals surface area contributed by atoms with E-state index in [1.165, 1.54) is 11.3 Å². The van der Waals surface area contributed by atoms with Crippen LogP contribution in [0.5, 0.6) is 0 Å². The Morgan fingerprint density at radius 3 is 2.65 bits per heavy atom. The van der Waals surface area contributed by atoms with Crippen molar-refractivity contribution in [3.05, 3.63) is 82.8 Å². The van der Waals surface area contributed by atoms with Crippen LogP contribution in [0, 0.1) is 16.7 Å². The lowest BCUT2D eigenvalue weighted by molar-refractivity contribution is -0.127. The zero-order valence-electron chi connectivity index (χ0n) is 22.9. The number of amides is 2. The number of hydrogen-bond acceptors (Lipinski definition) is 5. The van der Waals surface area contributed by atoms with E-state index in [1.807, 2.05) is 61.1 Å². The van der Waals surface area contributed by atoms with Gasteiger partial charge in [-0.3, -0.25) is 9.59 Å². The lowest BCUT2D eigenvalue weighted by Crippen LogP contribution is -2.40. The van der Waals surface area contributed by atoms with Crippen LogP contribution in [0.15, 0.2) is 61.1 Å². The molecular formula is C32H35N5O2S. The van der Waals surface area contributed by atoms with Crippen LogP contribution in [0.1, 0.15) is 78.4 Å². The average molecular weight is 554 g/mol. The number of nitrogens with zero attached hydrogens (tertiary/aromatic N) is 3. The molecule has 206 valence electrons. The number of nitriles is 1. The molecule has 2 aromatic heterocycles. The van der Waals surface area contributed by atoms with Crippen molar-refractivity contribution in [2.45, 2.75) is 64.8 Å². The molecule has 0 spiro atoms. The molecule has 7 nitrogen and oxygen atoms in total. The molecule has 1 saturated carbocycles. The number of rotatable bonds is 10. The number of unbranched alkanes of at least 4 members (excludes halogenated alkanes) is 1. The highest BCUT2D eigenvalue weighted by atomic mass is 32.1. The Balaban J connectivity index is 1.32. The molecule has 1 aliphatic rings. The fraction of sp³-hybridized carbons (Fsp3) is 0.375. The van der Waals surface area contributed by atoms with E-state index in [-0.39, 0.29) is 11.8 Å². The molecule has 0 radical (unpaired) electrons. The van der Waals surface area contributed by atoms with Gasteiger partial charge in [-0.2, -0.15) is 5.26 Å². The van der Waals surface area contributed by atoms with Gasteiger partial charge in [0.2, 0.25) is 5.91 Å². The van der Waals surface area contributed by atoms with Gasteiger partial charge in [-0.1, -0.05) is 44.7 Å². The van der Waals surface area contributed by atoms with E-state index in [0.29, 0.717) is 30.0 Å². The van der Waals surface area contributed by atoms with Crippen molar-refractivity contribution < 1.29 is 9.59 Å². The zero-order chi connectivity index (χ0) is 28.0. The van der Waals surface area contributed by atoms with E-state index >= 15 is 0 Å². The molecule has 4 aromatic rings. The van der Waals surface area contributed by atoms with Crippen molar-refractivity contribution in [2.24, 2.45) is 5.41 Å². The van der Waals surface area contributed by atoms with Crippen LogP contribution in [0.2, 0.25) is 0 Å². The second kappa shape index (κ2) is 12.5. The third-order valence-electron chi connectivity index (χ3n) is 7.86. The van der Waals surface area contributed by atoms with Crippen LogP contribution in [0.25, 0.3) is 10.1 Å². The highest BCUT2D eigenvalue weighted by Crippen LogP contribution is 2.41. The molecule has 5 rings (SSSR count). The standard InChI is InChI=1S/C32H35N5O2S/c1-2-3-15-35-30(38)29-17-25-16-26(11-12-28(25)40-29)36-31(39)32(13-5-4-6-14-32)18-27-20-34-22-37(27)21-24-9-7-23(19-33)8-10-24/h7-12,16-17,20,22H,2-6,13-15,18,21H2,1H3,(H,35,38)(H,36,39). The van der Waals surface area contributed by atoms with E-state index < -0.39 is 5.41 Å². The van der Waals surface area contributed by atoms with Crippen LogP contribution >= 0.6 is 11.3 Å². The molecule has 0 saturated heterocycles. The fourth-order valence-electron chi connectivity index (χ4n) is 5.54. The summed E-state index contributed by atoms with van der Waals surface area (Å²) in [4.78, 5) is 31.6. The maximum absolute atomic E-state index is 13.9. The summed E-state index contributed by atoms with van der Waals surface area (Å²) in [6.45, 7) is 3.42. The second-order valence-corrected chi connectivity index (χ2v) is 11.8. The lowest BCUT2D eigenvalue weighted by atomic mass is 9.70. The average Bonchev–Trinajstić information content (AvgIpc) is 3.60. The number of nitrogens with one attached hydrogen (secondary N) is 2. The van der Waals surface area contributed by atoms with Gasteiger partial charge in [0.15, 0.2) is 0 Å². The van der Waals surface area contributed by atoms with Crippen LogP contribution in [0.3, 0.4) is 0 Å². The molecular weight excluding hydrogens is 518 g/mol. The SMILES string of the molecule is CCCCNC(=O)c1cc2cc(NC(=O)C3(Cc4cncn4Cc4ccc(C#N)cc4)CCCCC3)ccc2s1. The topological polar surface area (TPSA) is 99.8 Å². The Morgan fingerprint density at radius 1 is 1.10 bits per heavy atom. The lowest BCUT2D eigenvalue weighted by Gasteiger charge is -2.36. The Bertz CT molecular complexity index is 1520. The van der Waals surface area contributed by atoms with Gasteiger partial charge in [0.1, 0.15) is 0 Å². The van der Waals surface area contributed by atoms with Gasteiger partial charge in [0.05, 0.1) is 28.3 Å². The highest BCUT2D eigenvalue weighted by Gasteiger charge is 2.40. The maximum atomic E-state index is 13.9. The van der Waals surface area contributed by atoms with Crippen molar-refractivity contribution in [2.75, 3.05) is 11.9 Å². The van der Waals surface area contributed by atoms with Crippen LogP contribution in [-0.4, -0.2) is 27.9 Å². The van der Waals surface area contributed by atoms with Gasteiger partial charge in [0, 0.05) is 41.8 Å². The number of imidazole rings is 1. The summed E-state index contributed by atoms with van der Waals surface area (Å²) in [6, 6.07) is 17.5. The Kier molecular flexibility index (Phi) is 8.61. The minimum absolute atomic E-state index is 0.0426. The fourth-order valence-corrected chi connectivity index (χ4v) is 6.50. The van der Waals surface area contributed by atoms with Crippen molar-refractivity contribution >= 4 is 38.9 Å². The van der Waals surface area contributed by atoms with Crippen molar-refractivity contribution in [1.82, 2.24) is 14.9 Å². The second-order valence-electron chi connectivity index (χ2n) is 10.8. The highest BCUT2D eigenvalue weighted by molar-refractivity contribution is 7.20. The van der Waals surface area contributed by atoms with Gasteiger partial charge in [-0.05, 0) is 66.6 Å². The number of fused-ring (bicyclic) bond motifs is 1. The molecule has 1 aliphatic carbocycles. The van der Waals surface area contributed by atoms with Gasteiger partial charge in [-0.25, -0.2) is 4.98 Å². The molecule has 2 N–H and O–H groups in total. The molecule has 1 fully saturated rings. The molecule has 0 unspecified atom stereocenters. The van der Waals surface area contributed by atoms with Crippen molar-refractivity contribution in [3.63, 3.8) is 0 Å². The number of thiophene rings is 1. The van der Waals surface area contributed by atoms with E-state index in [4.69, 9.17) is 5.26 Å². The first kappa shape index (κ1) is 27.6. The number of carbonyl (C=O) groups is 2. The van der Waals surface area contributed by atoms with Gasteiger partial charge in [0.25, 0.3) is 5.91 Å². The largest absolute Gasteiger partial charge is 0.351 e. The first-order valence-electron chi connectivity index (χ1n) is 14.1. The first-order valence-corrected chi connectivity index (χ1v) is 14.9. The predicted molar refractivity (Wildman–Crippen MR) is 159 cm³/mol. The summed E-state index contributed by atoms with van der Waals surface area (Å²) in [5.41, 5.74) is 3.01. The Hall–Kier alpha value is -3.96. The summed E-state index contributed by atoms with van der Waals surface area (Å²) in [7, 11) is 0. The number of carbonyl (C=O) groups excluding carboxylic acids is 2. The number of aromatic nitrogens is 2.